The molecule has 16 heavy (non-hydrogen) atoms. The van der Waals surface area contributed by atoms with Crippen molar-refractivity contribution in [2.75, 3.05) is 12.3 Å². The predicted octanol–water partition coefficient (Wildman–Crippen LogP) is 3.70. The van der Waals surface area contributed by atoms with Crippen LogP contribution in [0.2, 0.25) is 0 Å². The molecule has 0 aliphatic carbocycles. The van der Waals surface area contributed by atoms with Gasteiger partial charge in [-0.25, -0.2) is 0 Å². The molecule has 0 spiro atoms. The van der Waals surface area contributed by atoms with E-state index in [-0.39, 0.29) is 0 Å². The fraction of sp³-hybridized carbons (Fsp3) is 0.231. The van der Waals surface area contributed by atoms with E-state index in [0.717, 1.165) is 21.9 Å². The largest absolute Gasteiger partial charge is 0.494 e. The molecule has 2 N–H and O–H groups in total. The van der Waals surface area contributed by atoms with Crippen molar-refractivity contribution in [3.63, 3.8) is 0 Å². The highest BCUT2D eigenvalue weighted by atomic mass is 32.1. The minimum Gasteiger partial charge on any atom is -0.494 e. The predicted molar refractivity (Wildman–Crippen MR) is 70.1 cm³/mol. The van der Waals surface area contributed by atoms with Gasteiger partial charge in [-0.15, -0.1) is 11.3 Å². The standard InChI is InChI=1S/C13H15NOS/c1-3-15-11-6-4-10(5-7-11)12-8-9(2)16-13(12)14/h4-8H,3,14H2,1-2H3. The Labute approximate surface area is 99.7 Å². The summed E-state index contributed by atoms with van der Waals surface area (Å²) in [6.07, 6.45) is 0. The van der Waals surface area contributed by atoms with Gasteiger partial charge in [0.15, 0.2) is 0 Å². The van der Waals surface area contributed by atoms with E-state index in [0.29, 0.717) is 6.61 Å². The normalized spacial score (nSPS) is 10.4. The molecule has 0 unspecified atom stereocenters. The Bertz CT molecular complexity index is 473. The van der Waals surface area contributed by atoms with E-state index in [1.54, 1.807) is 11.3 Å². The van der Waals surface area contributed by atoms with Crippen LogP contribution >= 0.6 is 11.3 Å². The van der Waals surface area contributed by atoms with Crippen molar-refractivity contribution in [1.29, 1.82) is 0 Å². The van der Waals surface area contributed by atoms with Gasteiger partial charge in [0.2, 0.25) is 0 Å². The monoisotopic (exact) mass is 233 g/mol. The second-order valence-corrected chi connectivity index (χ2v) is 4.88. The highest BCUT2D eigenvalue weighted by molar-refractivity contribution is 7.16. The third-order valence-electron chi connectivity index (χ3n) is 2.36. The first-order chi connectivity index (χ1) is 7.70. The molecular formula is C13H15NOS. The Balaban J connectivity index is 2.31. The molecule has 0 amide bonds. The Hall–Kier alpha value is -1.48. The van der Waals surface area contributed by atoms with E-state index < -0.39 is 0 Å². The number of hydrogen-bond donors (Lipinski definition) is 1. The van der Waals surface area contributed by atoms with Gasteiger partial charge in [-0.2, -0.15) is 0 Å². The minimum atomic E-state index is 0.693. The number of ether oxygens (including phenoxy) is 1. The molecule has 84 valence electrons. The lowest BCUT2D eigenvalue weighted by molar-refractivity contribution is 0.340. The molecule has 0 atom stereocenters. The fourth-order valence-corrected chi connectivity index (χ4v) is 2.47. The smallest absolute Gasteiger partial charge is 0.119 e. The third-order valence-corrected chi connectivity index (χ3v) is 3.24. The van der Waals surface area contributed by atoms with Crippen molar-refractivity contribution < 1.29 is 4.74 Å². The van der Waals surface area contributed by atoms with Crippen LogP contribution < -0.4 is 10.5 Å². The van der Waals surface area contributed by atoms with E-state index >= 15 is 0 Å². The first-order valence-corrected chi connectivity index (χ1v) is 6.11. The summed E-state index contributed by atoms with van der Waals surface area (Å²) in [5.41, 5.74) is 8.22. The number of benzene rings is 1. The van der Waals surface area contributed by atoms with Crippen LogP contribution in [0.5, 0.6) is 5.75 Å². The van der Waals surface area contributed by atoms with E-state index in [9.17, 15) is 0 Å². The van der Waals surface area contributed by atoms with Gasteiger partial charge in [0.05, 0.1) is 11.6 Å². The summed E-state index contributed by atoms with van der Waals surface area (Å²) in [7, 11) is 0. The maximum atomic E-state index is 5.96. The molecule has 1 aromatic heterocycles. The Kier molecular flexibility index (Phi) is 3.15. The molecule has 0 bridgehead atoms. The number of hydrogen-bond acceptors (Lipinski definition) is 3. The molecule has 1 aromatic carbocycles. The topological polar surface area (TPSA) is 35.2 Å². The minimum absolute atomic E-state index is 0.693. The molecule has 0 saturated heterocycles. The van der Waals surface area contributed by atoms with Gasteiger partial charge in [0, 0.05) is 10.4 Å². The van der Waals surface area contributed by atoms with E-state index in [1.807, 2.05) is 31.2 Å². The molecule has 0 aliphatic heterocycles. The van der Waals surface area contributed by atoms with Gasteiger partial charge in [0.1, 0.15) is 5.75 Å². The molecule has 1 heterocycles. The summed E-state index contributed by atoms with van der Waals surface area (Å²) in [5.74, 6) is 0.900. The Morgan fingerprint density at radius 1 is 1.25 bits per heavy atom. The third kappa shape index (κ3) is 2.19. The zero-order chi connectivity index (χ0) is 11.5. The molecule has 0 radical (unpaired) electrons. The summed E-state index contributed by atoms with van der Waals surface area (Å²) in [6.45, 7) is 4.74. The summed E-state index contributed by atoms with van der Waals surface area (Å²) in [6, 6.07) is 10.2. The summed E-state index contributed by atoms with van der Waals surface area (Å²) in [5, 5.41) is 0.877. The average Bonchev–Trinajstić information content (AvgIpc) is 2.59. The van der Waals surface area contributed by atoms with Crippen molar-refractivity contribution in [1.82, 2.24) is 0 Å². The quantitative estimate of drug-likeness (QED) is 0.877. The van der Waals surface area contributed by atoms with Crippen LogP contribution in [0, 0.1) is 6.92 Å². The van der Waals surface area contributed by atoms with Crippen LogP contribution in [0.3, 0.4) is 0 Å². The van der Waals surface area contributed by atoms with Gasteiger partial charge in [0.25, 0.3) is 0 Å². The SMILES string of the molecule is CCOc1ccc(-c2cc(C)sc2N)cc1. The van der Waals surface area contributed by atoms with Gasteiger partial charge in [-0.1, -0.05) is 12.1 Å². The first kappa shape index (κ1) is 11.0. The van der Waals surface area contributed by atoms with Crippen molar-refractivity contribution >= 4 is 16.3 Å². The number of anilines is 1. The average molecular weight is 233 g/mol. The lowest BCUT2D eigenvalue weighted by Crippen LogP contribution is -1.90. The molecule has 0 aliphatic rings. The zero-order valence-corrected chi connectivity index (χ0v) is 10.3. The van der Waals surface area contributed by atoms with Crippen LogP contribution in [0.4, 0.5) is 5.00 Å². The van der Waals surface area contributed by atoms with Gasteiger partial charge >= 0.3 is 0 Å². The lowest BCUT2D eigenvalue weighted by Gasteiger charge is -2.04. The molecule has 0 fully saturated rings. The van der Waals surface area contributed by atoms with Crippen LogP contribution in [0.15, 0.2) is 30.3 Å². The maximum absolute atomic E-state index is 5.96. The molecule has 2 nitrogen and oxygen atoms in total. The van der Waals surface area contributed by atoms with Gasteiger partial charge in [-0.05, 0) is 37.6 Å². The molecule has 2 aromatic rings. The van der Waals surface area contributed by atoms with Gasteiger partial charge < -0.3 is 10.5 Å². The number of rotatable bonds is 3. The number of thiophene rings is 1. The van der Waals surface area contributed by atoms with Crippen molar-refractivity contribution in [2.45, 2.75) is 13.8 Å². The zero-order valence-electron chi connectivity index (χ0n) is 9.49. The Morgan fingerprint density at radius 3 is 2.44 bits per heavy atom. The van der Waals surface area contributed by atoms with Crippen LogP contribution in [-0.4, -0.2) is 6.61 Å². The first-order valence-electron chi connectivity index (χ1n) is 5.30. The second kappa shape index (κ2) is 4.58. The molecule has 0 saturated carbocycles. The highest BCUT2D eigenvalue weighted by Gasteiger charge is 2.06. The van der Waals surface area contributed by atoms with E-state index in [2.05, 4.69) is 13.0 Å². The van der Waals surface area contributed by atoms with Crippen molar-refractivity contribution in [3.8, 4) is 16.9 Å². The maximum Gasteiger partial charge on any atom is 0.119 e. The summed E-state index contributed by atoms with van der Waals surface area (Å²) in [4.78, 5) is 1.24. The number of nitrogen functional groups attached to an aromatic ring is 1. The van der Waals surface area contributed by atoms with E-state index in [1.165, 1.54) is 4.88 Å². The second-order valence-electron chi connectivity index (χ2n) is 3.59. The lowest BCUT2D eigenvalue weighted by atomic mass is 10.1. The van der Waals surface area contributed by atoms with Crippen LogP contribution in [-0.2, 0) is 0 Å². The molecular weight excluding hydrogens is 218 g/mol. The number of aryl methyl sites for hydroxylation is 1. The highest BCUT2D eigenvalue weighted by Crippen LogP contribution is 2.34. The van der Waals surface area contributed by atoms with Crippen LogP contribution in [0.25, 0.3) is 11.1 Å². The van der Waals surface area contributed by atoms with E-state index in [4.69, 9.17) is 10.5 Å². The van der Waals surface area contributed by atoms with Crippen LogP contribution in [0.1, 0.15) is 11.8 Å². The summed E-state index contributed by atoms with van der Waals surface area (Å²) < 4.78 is 5.40. The molecule has 3 heteroatoms. The molecule has 2 rings (SSSR count). The fourth-order valence-electron chi connectivity index (χ4n) is 1.66. The number of nitrogens with two attached hydrogens (primary N) is 1. The van der Waals surface area contributed by atoms with Crippen molar-refractivity contribution in [2.24, 2.45) is 0 Å². The van der Waals surface area contributed by atoms with Crippen molar-refractivity contribution in [3.05, 3.63) is 35.2 Å². The van der Waals surface area contributed by atoms with Gasteiger partial charge in [-0.3, -0.25) is 0 Å². The Morgan fingerprint density at radius 2 is 1.94 bits per heavy atom. The summed E-state index contributed by atoms with van der Waals surface area (Å²) >= 11 is 1.63.